The Hall–Kier alpha value is -1.71. The van der Waals surface area contributed by atoms with Crippen LogP contribution < -0.4 is 0 Å². The topological polar surface area (TPSA) is 58.6 Å². The van der Waals surface area contributed by atoms with Crippen molar-refractivity contribution < 1.29 is 4.79 Å². The van der Waals surface area contributed by atoms with Gasteiger partial charge in [-0.3, -0.25) is 9.89 Å². The summed E-state index contributed by atoms with van der Waals surface area (Å²) in [6.07, 6.45) is 17.6. The first-order chi connectivity index (χ1) is 16.1. The van der Waals surface area contributed by atoms with E-state index in [0.717, 1.165) is 49.6 Å². The number of rotatable bonds is 18. The van der Waals surface area contributed by atoms with E-state index >= 15 is 0 Å². The summed E-state index contributed by atoms with van der Waals surface area (Å²) in [4.78, 5) is 12.5. The normalized spacial score (nSPS) is 12.5. The number of nitrogens with zero attached hydrogens (tertiary/aromatic N) is 2. The summed E-state index contributed by atoms with van der Waals surface area (Å²) in [7, 11) is 0. The molecule has 0 radical (unpaired) electrons. The van der Waals surface area contributed by atoms with Crippen molar-refractivity contribution in [1.29, 1.82) is 0 Å². The van der Waals surface area contributed by atoms with Crippen LogP contribution in [0.4, 0.5) is 0 Å². The van der Waals surface area contributed by atoms with Crippen molar-refractivity contribution in [3.8, 4) is 0 Å². The molecule has 1 aromatic heterocycles. The Morgan fingerprint density at radius 2 is 1.55 bits per heavy atom. The Kier molecular flexibility index (Phi) is 12.7. The van der Waals surface area contributed by atoms with Crippen LogP contribution in [0.15, 0.2) is 0 Å². The van der Waals surface area contributed by atoms with Gasteiger partial charge in [0.25, 0.3) is 0 Å². The number of carbonyl (C=O) groups excluding carboxylic acids is 1. The number of carbonyl (C=O) groups is 1. The van der Waals surface area contributed by atoms with Gasteiger partial charge in [0.1, 0.15) is 11.3 Å². The van der Waals surface area contributed by atoms with Gasteiger partial charge in [0.15, 0.2) is 0 Å². The van der Waals surface area contributed by atoms with Gasteiger partial charge in [-0.25, -0.2) is 0 Å². The highest BCUT2D eigenvalue weighted by Crippen LogP contribution is 2.34. The number of unbranched alkanes of at least 4 members (excludes halogenated alkanes) is 5. The Morgan fingerprint density at radius 1 is 0.788 bits per heavy atom. The molecule has 2 rings (SSSR count). The van der Waals surface area contributed by atoms with E-state index in [0.29, 0.717) is 24.5 Å². The van der Waals surface area contributed by atoms with Gasteiger partial charge in [0.05, 0.1) is 5.52 Å². The second-order valence-corrected chi connectivity index (χ2v) is 9.88. The van der Waals surface area contributed by atoms with E-state index in [-0.39, 0.29) is 0 Å². The number of nitrogens with one attached hydrogen (secondary N) is 1. The molecule has 1 unspecified atom stereocenters. The van der Waals surface area contributed by atoms with Gasteiger partial charge < -0.3 is 0 Å². The number of aryl methyl sites for hydroxylation is 1. The van der Waals surface area contributed by atoms with Crippen LogP contribution in [-0.4, -0.2) is 21.2 Å². The second-order valence-electron chi connectivity index (χ2n) is 9.88. The van der Waals surface area contributed by atoms with Gasteiger partial charge >= 0.3 is 0 Å². The predicted molar refractivity (Wildman–Crippen MR) is 141 cm³/mol. The molecule has 0 saturated heterocycles. The molecule has 4 heteroatoms. The van der Waals surface area contributed by atoms with Crippen LogP contribution in [0.2, 0.25) is 0 Å². The predicted octanol–water partition coefficient (Wildman–Crippen LogP) is 8.09. The molecule has 1 aromatic carbocycles. The fourth-order valence-corrected chi connectivity index (χ4v) is 5.26. The number of aromatic amines is 1. The fraction of sp³-hybridized carbons (Fsp3) is 0.759. The zero-order valence-corrected chi connectivity index (χ0v) is 22.2. The average Bonchev–Trinajstić information content (AvgIpc) is 3.32. The molecule has 1 atom stereocenters. The molecular weight excluding hydrogens is 406 g/mol. The van der Waals surface area contributed by atoms with Crippen LogP contribution in [-0.2, 0) is 30.5 Å². The lowest BCUT2D eigenvalue weighted by atomic mass is 9.82. The van der Waals surface area contributed by atoms with Gasteiger partial charge in [0.2, 0.25) is 0 Å². The molecule has 0 aliphatic rings. The third kappa shape index (κ3) is 7.93. The van der Waals surface area contributed by atoms with Crippen molar-refractivity contribution in [2.75, 3.05) is 0 Å². The van der Waals surface area contributed by atoms with E-state index in [9.17, 15) is 4.79 Å². The first kappa shape index (κ1) is 27.5. The second kappa shape index (κ2) is 15.2. The molecule has 1 heterocycles. The maximum absolute atomic E-state index is 12.5. The zero-order valence-electron chi connectivity index (χ0n) is 22.2. The Morgan fingerprint density at radius 3 is 2.21 bits per heavy atom. The standard InChI is InChI=1S/C29H49N3O/c1-6-11-14-15-18-25-24(10-5)26(20-19-23(33)17-13-8-3)28-29(31-32-30-28)27(25)21-22(9-4)16-12-7-2/h22H,6-21H2,1-5H3,(H,30,31,32). The Labute approximate surface area is 202 Å². The van der Waals surface area contributed by atoms with Crippen LogP contribution in [0.25, 0.3) is 11.0 Å². The maximum atomic E-state index is 12.5. The summed E-state index contributed by atoms with van der Waals surface area (Å²) in [5.74, 6) is 1.09. The lowest BCUT2D eigenvalue weighted by molar-refractivity contribution is -0.119. The number of aromatic nitrogens is 3. The van der Waals surface area contributed by atoms with Crippen molar-refractivity contribution in [3.05, 3.63) is 22.3 Å². The van der Waals surface area contributed by atoms with Gasteiger partial charge in [-0.05, 0) is 66.7 Å². The first-order valence-corrected chi connectivity index (χ1v) is 14.0. The van der Waals surface area contributed by atoms with Crippen LogP contribution in [0.5, 0.6) is 0 Å². The van der Waals surface area contributed by atoms with Gasteiger partial charge in [-0.15, -0.1) is 5.10 Å². The van der Waals surface area contributed by atoms with Crippen LogP contribution >= 0.6 is 0 Å². The van der Waals surface area contributed by atoms with E-state index in [1.54, 1.807) is 0 Å². The molecule has 0 bridgehead atoms. The summed E-state index contributed by atoms with van der Waals surface area (Å²) < 4.78 is 0. The van der Waals surface area contributed by atoms with Crippen LogP contribution in [0, 0.1) is 5.92 Å². The number of benzene rings is 1. The summed E-state index contributed by atoms with van der Waals surface area (Å²) in [6, 6.07) is 0. The minimum absolute atomic E-state index is 0.388. The summed E-state index contributed by atoms with van der Waals surface area (Å²) in [5.41, 5.74) is 7.90. The maximum Gasteiger partial charge on any atom is 0.133 e. The minimum Gasteiger partial charge on any atom is -0.300 e. The van der Waals surface area contributed by atoms with Crippen LogP contribution in [0.1, 0.15) is 134 Å². The lowest BCUT2D eigenvalue weighted by Crippen LogP contribution is -2.12. The van der Waals surface area contributed by atoms with E-state index in [1.807, 2.05) is 0 Å². The third-order valence-corrected chi connectivity index (χ3v) is 7.36. The molecule has 186 valence electrons. The van der Waals surface area contributed by atoms with Gasteiger partial charge in [-0.1, -0.05) is 91.2 Å². The van der Waals surface area contributed by atoms with Crippen molar-refractivity contribution in [1.82, 2.24) is 15.4 Å². The van der Waals surface area contributed by atoms with E-state index in [4.69, 9.17) is 0 Å². The summed E-state index contributed by atoms with van der Waals surface area (Å²) in [6.45, 7) is 11.3. The van der Waals surface area contributed by atoms with Crippen molar-refractivity contribution in [2.45, 2.75) is 137 Å². The van der Waals surface area contributed by atoms with Gasteiger partial charge in [-0.2, -0.15) is 0 Å². The lowest BCUT2D eigenvalue weighted by Gasteiger charge is -2.22. The summed E-state index contributed by atoms with van der Waals surface area (Å²) in [5, 5.41) is 12.1. The molecular formula is C29H49N3O. The number of ketones is 1. The highest BCUT2D eigenvalue weighted by atomic mass is 16.1. The molecule has 0 aliphatic heterocycles. The highest BCUT2D eigenvalue weighted by Gasteiger charge is 2.23. The quantitative estimate of drug-likeness (QED) is 0.231. The van der Waals surface area contributed by atoms with Crippen molar-refractivity contribution in [2.24, 2.45) is 5.92 Å². The van der Waals surface area contributed by atoms with Crippen molar-refractivity contribution >= 4 is 16.8 Å². The Bertz CT molecular complexity index is 839. The average molecular weight is 456 g/mol. The Balaban J connectivity index is 2.46. The van der Waals surface area contributed by atoms with E-state index in [1.165, 1.54) is 73.6 Å². The molecule has 2 aromatic rings. The molecule has 1 N–H and O–H groups in total. The van der Waals surface area contributed by atoms with Gasteiger partial charge in [0, 0.05) is 12.8 Å². The molecule has 4 nitrogen and oxygen atoms in total. The minimum atomic E-state index is 0.388. The first-order valence-electron chi connectivity index (χ1n) is 14.0. The molecule has 0 amide bonds. The monoisotopic (exact) mass is 455 g/mol. The molecule has 0 fully saturated rings. The number of Topliss-reactive ketones (excluding diaryl/α,β-unsaturated/α-hetero) is 1. The smallest absolute Gasteiger partial charge is 0.133 e. The molecule has 0 spiro atoms. The van der Waals surface area contributed by atoms with Crippen molar-refractivity contribution in [3.63, 3.8) is 0 Å². The number of H-pyrrole nitrogens is 1. The number of fused-ring (bicyclic) bond motifs is 1. The zero-order chi connectivity index (χ0) is 24.1. The molecule has 0 aliphatic carbocycles. The van der Waals surface area contributed by atoms with E-state index < -0.39 is 0 Å². The third-order valence-electron chi connectivity index (χ3n) is 7.36. The largest absolute Gasteiger partial charge is 0.300 e. The molecule has 33 heavy (non-hydrogen) atoms. The number of hydrogen-bond donors (Lipinski definition) is 1. The molecule has 0 saturated carbocycles. The van der Waals surface area contributed by atoms with E-state index in [2.05, 4.69) is 50.0 Å². The number of hydrogen-bond acceptors (Lipinski definition) is 3. The van der Waals surface area contributed by atoms with Crippen LogP contribution in [0.3, 0.4) is 0 Å². The SMILES string of the molecule is CCCCCCc1c(CC)c(CCC(=O)CCCC)c2[nH]nnc2c1CC(CC)CCCC. The highest BCUT2D eigenvalue weighted by molar-refractivity contribution is 5.85. The fourth-order valence-electron chi connectivity index (χ4n) is 5.26. The summed E-state index contributed by atoms with van der Waals surface area (Å²) >= 11 is 0.